The minimum absolute atomic E-state index is 0.454. The maximum atomic E-state index is 11.9. The molecule has 0 aliphatic carbocycles. The summed E-state index contributed by atoms with van der Waals surface area (Å²) >= 11 is 5.96. The molecule has 0 fully saturated rings. The highest BCUT2D eigenvalue weighted by atomic mass is 35.5. The fourth-order valence-corrected chi connectivity index (χ4v) is 1.74. The molecule has 2 amide bonds. The molecular formula is C14H15ClN2O4. The van der Waals surface area contributed by atoms with Gasteiger partial charge in [-0.3, -0.25) is 14.4 Å². The number of carboxylic acids is 1. The zero-order chi connectivity index (χ0) is 16.0. The maximum absolute atomic E-state index is 11.9. The maximum Gasteiger partial charge on any atom is 0.323 e. The van der Waals surface area contributed by atoms with Crippen LogP contribution >= 0.6 is 11.6 Å². The quantitative estimate of drug-likeness (QED) is 0.767. The second-order valence-corrected chi connectivity index (χ2v) is 4.80. The number of hydrogen-bond donors (Lipinski definition) is 2. The molecule has 21 heavy (non-hydrogen) atoms. The highest BCUT2D eigenvalue weighted by Crippen LogP contribution is 2.17. The number of benzene rings is 1. The average molecular weight is 311 g/mol. The number of hydrogen-bond acceptors (Lipinski definition) is 3. The molecule has 112 valence electrons. The van der Waals surface area contributed by atoms with Crippen molar-refractivity contribution in [2.24, 2.45) is 5.73 Å². The van der Waals surface area contributed by atoms with Gasteiger partial charge in [0.2, 0.25) is 11.8 Å². The second-order valence-electron chi connectivity index (χ2n) is 4.40. The number of primary amides is 1. The number of halogens is 1. The van der Waals surface area contributed by atoms with Crippen molar-refractivity contribution in [1.29, 1.82) is 0 Å². The highest BCUT2D eigenvalue weighted by molar-refractivity contribution is 6.31. The van der Waals surface area contributed by atoms with Gasteiger partial charge in [0.25, 0.3) is 0 Å². The molecular weight excluding hydrogens is 296 g/mol. The van der Waals surface area contributed by atoms with E-state index in [1.54, 1.807) is 18.2 Å². The van der Waals surface area contributed by atoms with E-state index < -0.39 is 30.9 Å². The van der Waals surface area contributed by atoms with Crippen LogP contribution in [0.5, 0.6) is 0 Å². The number of aliphatic carboxylic acids is 1. The third-order valence-electron chi connectivity index (χ3n) is 2.60. The molecule has 1 aromatic rings. The van der Waals surface area contributed by atoms with Gasteiger partial charge in [-0.25, -0.2) is 0 Å². The molecule has 0 bridgehead atoms. The number of carbonyl (C=O) groups is 3. The van der Waals surface area contributed by atoms with Gasteiger partial charge in [-0.2, -0.15) is 0 Å². The minimum Gasteiger partial charge on any atom is -0.480 e. The van der Waals surface area contributed by atoms with Crippen LogP contribution in [0, 0.1) is 6.92 Å². The summed E-state index contributed by atoms with van der Waals surface area (Å²) in [7, 11) is 0. The third-order valence-corrected chi connectivity index (χ3v) is 3.01. The summed E-state index contributed by atoms with van der Waals surface area (Å²) in [6, 6.07) is 5.24. The van der Waals surface area contributed by atoms with Crippen molar-refractivity contribution in [3.63, 3.8) is 0 Å². The van der Waals surface area contributed by atoms with Crippen molar-refractivity contribution in [1.82, 2.24) is 4.90 Å². The molecule has 1 aromatic carbocycles. The molecule has 0 spiro atoms. The van der Waals surface area contributed by atoms with Gasteiger partial charge in [-0.05, 0) is 30.2 Å². The van der Waals surface area contributed by atoms with Crippen LogP contribution < -0.4 is 5.73 Å². The van der Waals surface area contributed by atoms with Crippen LogP contribution in [0.15, 0.2) is 24.3 Å². The first kappa shape index (κ1) is 16.7. The number of aryl methyl sites for hydroxylation is 1. The molecule has 0 aliphatic heterocycles. The van der Waals surface area contributed by atoms with E-state index in [0.717, 1.165) is 10.5 Å². The first-order chi connectivity index (χ1) is 9.79. The summed E-state index contributed by atoms with van der Waals surface area (Å²) in [6.07, 6.45) is 2.66. The lowest BCUT2D eigenvalue weighted by Gasteiger charge is -2.16. The van der Waals surface area contributed by atoms with Crippen LogP contribution in [0.1, 0.15) is 11.1 Å². The first-order valence-electron chi connectivity index (χ1n) is 6.03. The van der Waals surface area contributed by atoms with E-state index in [1.165, 1.54) is 12.2 Å². The Labute approximate surface area is 126 Å². The Morgan fingerprint density at radius 2 is 2.00 bits per heavy atom. The molecule has 3 N–H and O–H groups in total. The number of nitrogens with two attached hydrogens (primary N) is 1. The number of amides is 2. The monoisotopic (exact) mass is 310 g/mol. The fraction of sp³-hybridized carbons (Fsp3) is 0.214. The molecule has 0 saturated heterocycles. The van der Waals surface area contributed by atoms with Crippen LogP contribution in [-0.4, -0.2) is 40.9 Å². The van der Waals surface area contributed by atoms with E-state index in [9.17, 15) is 14.4 Å². The molecule has 0 aromatic heterocycles. The van der Waals surface area contributed by atoms with Crippen LogP contribution in [0.4, 0.5) is 0 Å². The summed E-state index contributed by atoms with van der Waals surface area (Å²) in [4.78, 5) is 34.2. The van der Waals surface area contributed by atoms with Gasteiger partial charge >= 0.3 is 5.97 Å². The third kappa shape index (κ3) is 5.66. The van der Waals surface area contributed by atoms with Gasteiger partial charge in [0, 0.05) is 11.1 Å². The van der Waals surface area contributed by atoms with Crippen molar-refractivity contribution in [2.45, 2.75) is 6.92 Å². The SMILES string of the molecule is Cc1ccc(/C=C/C(=O)N(CC(N)=O)CC(=O)O)cc1Cl. The molecule has 0 heterocycles. The lowest BCUT2D eigenvalue weighted by Crippen LogP contribution is -2.40. The van der Waals surface area contributed by atoms with Gasteiger partial charge in [0.15, 0.2) is 0 Å². The first-order valence-corrected chi connectivity index (χ1v) is 6.40. The van der Waals surface area contributed by atoms with Crippen molar-refractivity contribution in [3.8, 4) is 0 Å². The van der Waals surface area contributed by atoms with Crippen LogP contribution in [0.3, 0.4) is 0 Å². The Kier molecular flexibility index (Phi) is 5.92. The van der Waals surface area contributed by atoms with Crippen LogP contribution in [0.25, 0.3) is 6.08 Å². The minimum atomic E-state index is -1.23. The smallest absolute Gasteiger partial charge is 0.323 e. The Hall–Kier alpha value is -2.34. The number of nitrogens with zero attached hydrogens (tertiary/aromatic N) is 1. The summed E-state index contributed by atoms with van der Waals surface area (Å²) < 4.78 is 0. The summed E-state index contributed by atoms with van der Waals surface area (Å²) in [5, 5.41) is 9.27. The molecule has 0 unspecified atom stereocenters. The lowest BCUT2D eigenvalue weighted by molar-refractivity contribution is -0.143. The number of rotatable bonds is 6. The Bertz CT molecular complexity index is 583. The topological polar surface area (TPSA) is 101 Å². The zero-order valence-electron chi connectivity index (χ0n) is 11.4. The van der Waals surface area contributed by atoms with Crippen molar-refractivity contribution >= 4 is 35.5 Å². The van der Waals surface area contributed by atoms with E-state index in [-0.39, 0.29) is 0 Å². The molecule has 6 nitrogen and oxygen atoms in total. The molecule has 0 atom stereocenters. The molecule has 0 saturated carbocycles. The van der Waals surface area contributed by atoms with Gasteiger partial charge in [-0.1, -0.05) is 23.7 Å². The van der Waals surface area contributed by atoms with Crippen molar-refractivity contribution in [3.05, 3.63) is 40.4 Å². The lowest BCUT2D eigenvalue weighted by atomic mass is 10.1. The highest BCUT2D eigenvalue weighted by Gasteiger charge is 2.16. The van der Waals surface area contributed by atoms with Crippen molar-refractivity contribution < 1.29 is 19.5 Å². The molecule has 0 aliphatic rings. The van der Waals surface area contributed by atoms with Gasteiger partial charge in [-0.15, -0.1) is 0 Å². The zero-order valence-corrected chi connectivity index (χ0v) is 12.1. The fourth-order valence-electron chi connectivity index (χ4n) is 1.55. The predicted octanol–water partition coefficient (Wildman–Crippen LogP) is 1.06. The number of carboxylic acid groups (broad SMARTS) is 1. The van der Waals surface area contributed by atoms with E-state index in [2.05, 4.69) is 0 Å². The van der Waals surface area contributed by atoms with E-state index >= 15 is 0 Å². The molecule has 7 heteroatoms. The molecule has 1 rings (SSSR count). The average Bonchev–Trinajstić information content (AvgIpc) is 2.38. The normalized spacial score (nSPS) is 10.6. The Balaban J connectivity index is 2.83. The van der Waals surface area contributed by atoms with Crippen LogP contribution in [-0.2, 0) is 14.4 Å². The Morgan fingerprint density at radius 3 is 2.52 bits per heavy atom. The van der Waals surface area contributed by atoms with E-state index in [0.29, 0.717) is 10.6 Å². The van der Waals surface area contributed by atoms with Gasteiger partial charge < -0.3 is 15.7 Å². The van der Waals surface area contributed by atoms with Crippen molar-refractivity contribution in [2.75, 3.05) is 13.1 Å². The Morgan fingerprint density at radius 1 is 1.33 bits per heavy atom. The second kappa shape index (κ2) is 7.44. The summed E-state index contributed by atoms with van der Waals surface area (Å²) in [5.74, 6) is -2.62. The summed E-state index contributed by atoms with van der Waals surface area (Å²) in [5.41, 5.74) is 6.58. The van der Waals surface area contributed by atoms with Gasteiger partial charge in [0.05, 0.1) is 0 Å². The number of carbonyl (C=O) groups excluding carboxylic acids is 2. The van der Waals surface area contributed by atoms with E-state index in [1.807, 2.05) is 6.92 Å². The largest absolute Gasteiger partial charge is 0.480 e. The molecule has 0 radical (unpaired) electrons. The van der Waals surface area contributed by atoms with Crippen LogP contribution in [0.2, 0.25) is 5.02 Å². The predicted molar refractivity (Wildman–Crippen MR) is 78.6 cm³/mol. The van der Waals surface area contributed by atoms with Gasteiger partial charge in [0.1, 0.15) is 13.1 Å². The van der Waals surface area contributed by atoms with E-state index in [4.69, 9.17) is 22.4 Å². The summed E-state index contributed by atoms with van der Waals surface area (Å²) in [6.45, 7) is 0.799. The standard InChI is InChI=1S/C14H15ClN2O4/c1-9-2-3-10(6-11(9)15)4-5-13(19)17(7-12(16)18)8-14(20)21/h2-6H,7-8H2,1H3,(H2,16,18)(H,20,21)/b5-4+.